The summed E-state index contributed by atoms with van der Waals surface area (Å²) in [6.45, 7) is 0. The summed E-state index contributed by atoms with van der Waals surface area (Å²) in [6, 6.07) is 5.05. The van der Waals surface area contributed by atoms with E-state index in [9.17, 15) is 4.79 Å². The van der Waals surface area contributed by atoms with Crippen LogP contribution in [0, 0.1) is 0 Å². The Balaban J connectivity index is 2.89. The molecule has 0 aliphatic rings. The number of methoxy groups -OCH3 is 1. The van der Waals surface area contributed by atoms with E-state index in [-0.39, 0.29) is 11.5 Å². The highest BCUT2D eigenvalue weighted by atomic mass is 32.1. The quantitative estimate of drug-likeness (QED) is 0.408. The van der Waals surface area contributed by atoms with E-state index in [1.54, 1.807) is 18.2 Å². The molecule has 1 aromatic rings. The van der Waals surface area contributed by atoms with Crippen molar-refractivity contribution in [1.82, 2.24) is 5.43 Å². The number of aliphatic carboxylic acids is 1. The van der Waals surface area contributed by atoms with Crippen molar-refractivity contribution < 1.29 is 14.6 Å². The first kappa shape index (κ1) is 13.9. The average molecular weight is 267 g/mol. The third-order valence-corrected chi connectivity index (χ3v) is 2.12. The van der Waals surface area contributed by atoms with Gasteiger partial charge in [-0.2, -0.15) is 5.10 Å². The summed E-state index contributed by atoms with van der Waals surface area (Å²) < 4.78 is 5.15. The molecule has 0 fully saturated rings. The number of nitrogens with two attached hydrogens (primary N) is 1. The number of hydrogen-bond donors (Lipinski definition) is 3. The first-order valence-corrected chi connectivity index (χ1v) is 5.41. The van der Waals surface area contributed by atoms with Crippen molar-refractivity contribution in [1.29, 1.82) is 0 Å². The summed E-state index contributed by atoms with van der Waals surface area (Å²) in [5.41, 5.74) is 8.98. The Kier molecular flexibility index (Phi) is 5.06. The summed E-state index contributed by atoms with van der Waals surface area (Å²) in [6.07, 6.45) is 1.43. The fraction of sp³-hybridized carbons (Fsp3) is 0.182. The highest BCUT2D eigenvalue weighted by molar-refractivity contribution is 7.80. The van der Waals surface area contributed by atoms with Crippen molar-refractivity contribution in [2.75, 3.05) is 7.11 Å². The van der Waals surface area contributed by atoms with Gasteiger partial charge < -0.3 is 15.6 Å². The summed E-state index contributed by atoms with van der Waals surface area (Å²) >= 11 is 4.60. The second kappa shape index (κ2) is 6.55. The van der Waals surface area contributed by atoms with Gasteiger partial charge in [-0.3, -0.25) is 10.2 Å². The monoisotopic (exact) mass is 267 g/mol. The van der Waals surface area contributed by atoms with Crippen molar-refractivity contribution in [3.8, 4) is 5.75 Å². The number of ether oxygens (including phenoxy) is 1. The van der Waals surface area contributed by atoms with Crippen molar-refractivity contribution >= 4 is 29.5 Å². The molecule has 0 aromatic heterocycles. The number of thiocarbonyl (C=S) groups is 1. The summed E-state index contributed by atoms with van der Waals surface area (Å²) in [7, 11) is 1.50. The Morgan fingerprint density at radius 3 is 2.94 bits per heavy atom. The maximum absolute atomic E-state index is 10.6. The predicted octanol–water partition coefficient (Wildman–Crippen LogP) is 0.489. The van der Waals surface area contributed by atoms with Crippen molar-refractivity contribution in [3.05, 3.63) is 29.3 Å². The zero-order valence-corrected chi connectivity index (χ0v) is 10.5. The van der Waals surface area contributed by atoms with Gasteiger partial charge in [0.15, 0.2) is 5.11 Å². The Hall–Kier alpha value is -2.15. The van der Waals surface area contributed by atoms with E-state index in [0.29, 0.717) is 16.9 Å². The molecule has 0 aliphatic carbocycles. The molecule has 0 heterocycles. The maximum Gasteiger partial charge on any atom is 0.307 e. The molecule has 0 amide bonds. The number of rotatable bonds is 5. The van der Waals surface area contributed by atoms with Gasteiger partial charge in [-0.25, -0.2) is 0 Å². The zero-order valence-electron chi connectivity index (χ0n) is 9.71. The van der Waals surface area contributed by atoms with E-state index in [1.807, 2.05) is 0 Å². The first-order chi connectivity index (χ1) is 8.52. The Morgan fingerprint density at radius 1 is 1.67 bits per heavy atom. The number of nitrogens with one attached hydrogen (secondary N) is 1. The van der Waals surface area contributed by atoms with Gasteiger partial charge in [0.2, 0.25) is 0 Å². The Labute approximate surface area is 109 Å². The molecule has 0 atom stereocenters. The van der Waals surface area contributed by atoms with Crippen LogP contribution in [0.3, 0.4) is 0 Å². The van der Waals surface area contributed by atoms with Crippen LogP contribution in [0.5, 0.6) is 5.75 Å². The van der Waals surface area contributed by atoms with E-state index in [1.165, 1.54) is 13.3 Å². The van der Waals surface area contributed by atoms with E-state index in [4.69, 9.17) is 15.6 Å². The molecule has 0 bridgehead atoms. The second-order valence-corrected chi connectivity index (χ2v) is 3.82. The van der Waals surface area contributed by atoms with Crippen LogP contribution in [0.4, 0.5) is 0 Å². The Bertz CT molecular complexity index is 488. The maximum atomic E-state index is 10.6. The van der Waals surface area contributed by atoms with Gasteiger partial charge in [-0.05, 0) is 29.9 Å². The van der Waals surface area contributed by atoms with Gasteiger partial charge in [0.1, 0.15) is 5.75 Å². The molecule has 7 heteroatoms. The molecule has 4 N–H and O–H groups in total. The Morgan fingerprint density at radius 2 is 2.39 bits per heavy atom. The molecule has 18 heavy (non-hydrogen) atoms. The zero-order chi connectivity index (χ0) is 13.5. The SMILES string of the molecule is COc1cc(CC(=O)O)ccc1C=NNC(N)=S. The summed E-state index contributed by atoms with van der Waals surface area (Å²) in [5, 5.41) is 12.6. The fourth-order valence-corrected chi connectivity index (χ4v) is 1.36. The van der Waals surface area contributed by atoms with Gasteiger partial charge in [0, 0.05) is 5.56 Å². The lowest BCUT2D eigenvalue weighted by molar-refractivity contribution is -0.136. The van der Waals surface area contributed by atoms with E-state index < -0.39 is 5.97 Å². The fourth-order valence-electron chi connectivity index (χ4n) is 1.31. The van der Waals surface area contributed by atoms with Crippen LogP contribution in [0.25, 0.3) is 0 Å². The molecule has 0 spiro atoms. The molecule has 0 saturated heterocycles. The average Bonchev–Trinajstić information content (AvgIpc) is 2.29. The van der Waals surface area contributed by atoms with Crippen LogP contribution in [-0.2, 0) is 11.2 Å². The lowest BCUT2D eigenvalue weighted by atomic mass is 10.1. The molecule has 0 radical (unpaired) electrons. The van der Waals surface area contributed by atoms with Crippen LogP contribution in [0.15, 0.2) is 23.3 Å². The predicted molar refractivity (Wildman–Crippen MR) is 71.8 cm³/mol. The van der Waals surface area contributed by atoms with E-state index in [0.717, 1.165) is 0 Å². The molecule has 0 unspecified atom stereocenters. The van der Waals surface area contributed by atoms with Crippen molar-refractivity contribution in [2.24, 2.45) is 10.8 Å². The largest absolute Gasteiger partial charge is 0.496 e. The van der Waals surface area contributed by atoms with Crippen molar-refractivity contribution in [3.63, 3.8) is 0 Å². The number of hydrazone groups is 1. The minimum absolute atomic E-state index is 0.0566. The minimum Gasteiger partial charge on any atom is -0.496 e. The van der Waals surface area contributed by atoms with Gasteiger partial charge in [-0.15, -0.1) is 0 Å². The number of carboxylic acids is 1. The second-order valence-electron chi connectivity index (χ2n) is 3.38. The van der Waals surface area contributed by atoms with Crippen LogP contribution < -0.4 is 15.9 Å². The van der Waals surface area contributed by atoms with E-state index >= 15 is 0 Å². The summed E-state index contributed by atoms with van der Waals surface area (Å²) in [4.78, 5) is 10.6. The van der Waals surface area contributed by atoms with Gasteiger partial charge in [0.25, 0.3) is 0 Å². The topological polar surface area (TPSA) is 96.9 Å². The minimum atomic E-state index is -0.895. The standard InChI is InChI=1S/C11H13N3O3S/c1-17-9-4-7(5-10(15)16)2-3-8(9)6-13-14-11(12)18/h2-4,6H,5H2,1H3,(H,15,16)(H3,12,14,18). The third-order valence-electron chi connectivity index (χ3n) is 2.03. The van der Waals surface area contributed by atoms with Crippen LogP contribution >= 0.6 is 12.2 Å². The number of carbonyl (C=O) groups is 1. The normalized spacial score (nSPS) is 10.3. The number of nitrogens with zero attached hydrogens (tertiary/aromatic N) is 1. The van der Waals surface area contributed by atoms with Crippen LogP contribution in [-0.4, -0.2) is 29.5 Å². The number of hydrogen-bond acceptors (Lipinski definition) is 4. The van der Waals surface area contributed by atoms with Crippen LogP contribution in [0.2, 0.25) is 0 Å². The lowest BCUT2D eigenvalue weighted by Gasteiger charge is -2.06. The molecular formula is C11H13N3O3S. The molecule has 1 rings (SSSR count). The smallest absolute Gasteiger partial charge is 0.307 e. The van der Waals surface area contributed by atoms with E-state index in [2.05, 4.69) is 22.7 Å². The molecule has 6 nitrogen and oxygen atoms in total. The number of benzene rings is 1. The third kappa shape index (κ3) is 4.38. The van der Waals surface area contributed by atoms with Crippen LogP contribution in [0.1, 0.15) is 11.1 Å². The number of carboxylic acid groups (broad SMARTS) is 1. The highest BCUT2D eigenvalue weighted by Gasteiger charge is 2.05. The van der Waals surface area contributed by atoms with Gasteiger partial charge in [-0.1, -0.05) is 6.07 Å². The lowest BCUT2D eigenvalue weighted by Crippen LogP contribution is -2.24. The van der Waals surface area contributed by atoms with Gasteiger partial charge >= 0.3 is 5.97 Å². The molecular weight excluding hydrogens is 254 g/mol. The molecule has 0 saturated carbocycles. The van der Waals surface area contributed by atoms with Crippen molar-refractivity contribution in [2.45, 2.75) is 6.42 Å². The molecule has 96 valence electrons. The highest BCUT2D eigenvalue weighted by Crippen LogP contribution is 2.18. The van der Waals surface area contributed by atoms with Gasteiger partial charge in [0.05, 0.1) is 19.7 Å². The summed E-state index contributed by atoms with van der Waals surface area (Å²) in [5.74, 6) is -0.365. The molecule has 0 aliphatic heterocycles. The molecule has 1 aromatic carbocycles. The first-order valence-electron chi connectivity index (χ1n) is 5.00.